The minimum atomic E-state index is -0.348. The summed E-state index contributed by atoms with van der Waals surface area (Å²) in [7, 11) is 0. The number of benzene rings is 1. The average Bonchev–Trinajstić information content (AvgIpc) is 2.70. The number of hydrogen-bond acceptors (Lipinski definition) is 4. The molecule has 6 nitrogen and oxygen atoms in total. The normalized spacial score (nSPS) is 17.0. The molecule has 114 valence electrons. The number of aromatic amines is 1. The van der Waals surface area contributed by atoms with Gasteiger partial charge < -0.3 is 10.1 Å². The second kappa shape index (κ2) is 6.19. The van der Waals surface area contributed by atoms with Gasteiger partial charge in [-0.1, -0.05) is 17.7 Å². The van der Waals surface area contributed by atoms with Gasteiger partial charge in [-0.15, -0.1) is 0 Å². The number of aromatic nitrogens is 2. The van der Waals surface area contributed by atoms with Gasteiger partial charge in [-0.05, 0) is 31.0 Å². The van der Waals surface area contributed by atoms with E-state index in [1.807, 2.05) is 6.07 Å². The molecule has 3 rings (SSSR count). The maximum absolute atomic E-state index is 12.3. The second-order valence-corrected chi connectivity index (χ2v) is 5.44. The Morgan fingerprint density at radius 2 is 2.23 bits per heavy atom. The van der Waals surface area contributed by atoms with Crippen LogP contribution in [0.15, 0.2) is 35.1 Å². The van der Waals surface area contributed by atoms with Gasteiger partial charge in [-0.2, -0.15) is 5.10 Å². The van der Waals surface area contributed by atoms with E-state index in [0.29, 0.717) is 17.4 Å². The molecule has 0 unspecified atom stereocenters. The van der Waals surface area contributed by atoms with Crippen LogP contribution in [0.1, 0.15) is 34.9 Å². The van der Waals surface area contributed by atoms with Crippen molar-refractivity contribution in [1.29, 1.82) is 0 Å². The zero-order valence-corrected chi connectivity index (χ0v) is 12.4. The van der Waals surface area contributed by atoms with Crippen LogP contribution in [-0.2, 0) is 0 Å². The summed E-state index contributed by atoms with van der Waals surface area (Å²) >= 11 is 5.98. The van der Waals surface area contributed by atoms with Crippen LogP contribution in [0.25, 0.3) is 0 Å². The van der Waals surface area contributed by atoms with E-state index >= 15 is 0 Å². The summed E-state index contributed by atoms with van der Waals surface area (Å²) in [5.41, 5.74) is 0.708. The topological polar surface area (TPSA) is 84.1 Å². The van der Waals surface area contributed by atoms with Crippen molar-refractivity contribution in [2.45, 2.75) is 18.9 Å². The number of nitrogens with zero attached hydrogens (tertiary/aromatic N) is 1. The van der Waals surface area contributed by atoms with Gasteiger partial charge in [-0.3, -0.25) is 9.59 Å². The minimum absolute atomic E-state index is 0.167. The van der Waals surface area contributed by atoms with Crippen LogP contribution in [0.5, 0.6) is 5.75 Å². The van der Waals surface area contributed by atoms with Gasteiger partial charge in [0.1, 0.15) is 11.4 Å². The molecule has 1 aromatic heterocycles. The maximum atomic E-state index is 12.3. The molecule has 2 aromatic rings. The third-order valence-corrected chi connectivity index (χ3v) is 3.70. The van der Waals surface area contributed by atoms with Crippen molar-refractivity contribution in [3.05, 3.63) is 57.0 Å². The van der Waals surface area contributed by atoms with Crippen LogP contribution in [-0.4, -0.2) is 22.7 Å². The summed E-state index contributed by atoms with van der Waals surface area (Å²) in [6, 6.07) is 7.85. The molecule has 0 saturated carbocycles. The van der Waals surface area contributed by atoms with Gasteiger partial charge in [0.25, 0.3) is 11.5 Å². The highest BCUT2D eigenvalue weighted by Gasteiger charge is 2.22. The van der Waals surface area contributed by atoms with E-state index < -0.39 is 0 Å². The molecule has 0 bridgehead atoms. The van der Waals surface area contributed by atoms with Gasteiger partial charge >= 0.3 is 0 Å². The quantitative estimate of drug-likeness (QED) is 0.887. The predicted molar refractivity (Wildman–Crippen MR) is 81.2 cm³/mol. The number of H-pyrrole nitrogens is 1. The highest BCUT2D eigenvalue weighted by molar-refractivity contribution is 6.30. The molecule has 0 radical (unpaired) electrons. The molecule has 2 heterocycles. The van der Waals surface area contributed by atoms with E-state index in [0.717, 1.165) is 18.4 Å². The Morgan fingerprint density at radius 3 is 3.00 bits per heavy atom. The molecule has 2 N–H and O–H groups in total. The van der Waals surface area contributed by atoms with E-state index in [1.54, 1.807) is 12.1 Å². The first-order valence-corrected chi connectivity index (χ1v) is 7.30. The number of carbonyl (C=O) groups excluding carboxylic acids is 1. The fraction of sp³-hybridized carbons (Fsp3) is 0.267. The van der Waals surface area contributed by atoms with Crippen LogP contribution < -0.4 is 15.6 Å². The summed E-state index contributed by atoms with van der Waals surface area (Å²) in [5.74, 6) is 0.341. The van der Waals surface area contributed by atoms with E-state index in [1.165, 1.54) is 12.1 Å². The zero-order chi connectivity index (χ0) is 15.5. The van der Waals surface area contributed by atoms with Crippen molar-refractivity contribution in [2.24, 2.45) is 0 Å². The van der Waals surface area contributed by atoms with Crippen LogP contribution in [0, 0.1) is 0 Å². The summed E-state index contributed by atoms with van der Waals surface area (Å²) in [4.78, 5) is 23.2. The van der Waals surface area contributed by atoms with Crippen molar-refractivity contribution < 1.29 is 9.53 Å². The smallest absolute Gasteiger partial charge is 0.272 e. The molecule has 1 aliphatic rings. The summed E-state index contributed by atoms with van der Waals surface area (Å²) < 4.78 is 5.66. The second-order valence-electron chi connectivity index (χ2n) is 5.01. The number of carbonyl (C=O) groups is 1. The summed E-state index contributed by atoms with van der Waals surface area (Å²) in [6.45, 7) is 0.580. The average molecular weight is 320 g/mol. The first-order valence-electron chi connectivity index (χ1n) is 6.92. The van der Waals surface area contributed by atoms with Crippen molar-refractivity contribution in [3.8, 4) is 5.75 Å². The van der Waals surface area contributed by atoms with E-state index in [-0.39, 0.29) is 23.2 Å². The number of nitrogens with one attached hydrogen (secondary N) is 2. The monoisotopic (exact) mass is 319 g/mol. The first-order chi connectivity index (χ1) is 10.6. The lowest BCUT2D eigenvalue weighted by Gasteiger charge is -2.18. The Labute approximate surface area is 131 Å². The number of rotatable bonds is 2. The Kier molecular flexibility index (Phi) is 4.11. The van der Waals surface area contributed by atoms with Gasteiger partial charge in [0.05, 0.1) is 12.6 Å². The van der Waals surface area contributed by atoms with Gasteiger partial charge in [0, 0.05) is 16.7 Å². The SMILES string of the molecule is O=C(N[C@@H]1CCCOc2cc(Cl)ccc21)c1ccc(=O)[nH]n1. The highest BCUT2D eigenvalue weighted by atomic mass is 35.5. The van der Waals surface area contributed by atoms with Crippen LogP contribution >= 0.6 is 11.6 Å². The Balaban J connectivity index is 1.84. The Bertz CT molecular complexity index is 739. The largest absolute Gasteiger partial charge is 0.493 e. The van der Waals surface area contributed by atoms with Gasteiger partial charge in [0.2, 0.25) is 0 Å². The van der Waals surface area contributed by atoms with Gasteiger partial charge in [0.15, 0.2) is 0 Å². The molecule has 22 heavy (non-hydrogen) atoms. The van der Waals surface area contributed by atoms with E-state index in [4.69, 9.17) is 16.3 Å². The molecule has 1 aromatic carbocycles. The van der Waals surface area contributed by atoms with Crippen molar-refractivity contribution >= 4 is 17.5 Å². The zero-order valence-electron chi connectivity index (χ0n) is 11.6. The standard InChI is InChI=1S/C15H14ClN3O3/c16-9-3-4-10-11(2-1-7-22-13(10)8-9)17-15(21)12-5-6-14(20)19-18-12/h3-6,8,11H,1-2,7H2,(H,17,21)(H,19,20)/t11-/m1/s1. The van der Waals surface area contributed by atoms with Crippen molar-refractivity contribution in [2.75, 3.05) is 6.61 Å². The molecule has 7 heteroatoms. The fourth-order valence-electron chi connectivity index (χ4n) is 2.40. The molecule has 1 atom stereocenters. The van der Waals surface area contributed by atoms with E-state index in [9.17, 15) is 9.59 Å². The lowest BCUT2D eigenvalue weighted by Crippen LogP contribution is -2.29. The maximum Gasteiger partial charge on any atom is 0.272 e. The minimum Gasteiger partial charge on any atom is -0.493 e. The number of hydrogen-bond donors (Lipinski definition) is 2. The number of amides is 1. The molecule has 1 aliphatic heterocycles. The first kappa shape index (κ1) is 14.6. The number of ether oxygens (including phenoxy) is 1. The lowest BCUT2D eigenvalue weighted by molar-refractivity contribution is 0.0928. The Hall–Kier alpha value is -2.34. The highest BCUT2D eigenvalue weighted by Crippen LogP contribution is 2.33. The van der Waals surface area contributed by atoms with Gasteiger partial charge in [-0.25, -0.2) is 5.10 Å². The van der Waals surface area contributed by atoms with Crippen molar-refractivity contribution in [1.82, 2.24) is 15.5 Å². The predicted octanol–water partition coefficient (Wildman–Crippen LogP) is 2.07. The van der Waals surface area contributed by atoms with Crippen LogP contribution in [0.2, 0.25) is 5.02 Å². The fourth-order valence-corrected chi connectivity index (χ4v) is 2.56. The van der Waals surface area contributed by atoms with Crippen LogP contribution in [0.4, 0.5) is 0 Å². The molecular formula is C15H14ClN3O3. The molecular weight excluding hydrogens is 306 g/mol. The van der Waals surface area contributed by atoms with Crippen molar-refractivity contribution in [3.63, 3.8) is 0 Å². The number of fused-ring (bicyclic) bond motifs is 1. The summed E-state index contributed by atoms with van der Waals surface area (Å²) in [6.07, 6.45) is 1.57. The molecule has 0 spiro atoms. The Morgan fingerprint density at radius 1 is 1.36 bits per heavy atom. The molecule has 0 saturated heterocycles. The number of halogens is 1. The van der Waals surface area contributed by atoms with Crippen LogP contribution in [0.3, 0.4) is 0 Å². The molecule has 0 aliphatic carbocycles. The third kappa shape index (κ3) is 3.12. The summed E-state index contributed by atoms with van der Waals surface area (Å²) in [5, 5.41) is 9.50. The third-order valence-electron chi connectivity index (χ3n) is 3.46. The molecule has 0 fully saturated rings. The van der Waals surface area contributed by atoms with E-state index in [2.05, 4.69) is 15.5 Å². The molecule has 1 amide bonds. The lowest BCUT2D eigenvalue weighted by atomic mass is 10.0.